The Morgan fingerprint density at radius 1 is 1.20 bits per heavy atom. The normalized spacial score (nSPS) is 12.6. The van der Waals surface area contributed by atoms with Gasteiger partial charge in [0, 0.05) is 24.2 Å². The van der Waals surface area contributed by atoms with Crippen LogP contribution in [0.25, 0.3) is 0 Å². The summed E-state index contributed by atoms with van der Waals surface area (Å²) >= 11 is 0. The summed E-state index contributed by atoms with van der Waals surface area (Å²) in [6, 6.07) is 3.90. The highest BCUT2D eigenvalue weighted by atomic mass is 16.5. The Bertz CT molecular complexity index is 431. The average molecular weight is 280 g/mol. The van der Waals surface area contributed by atoms with Gasteiger partial charge in [0.15, 0.2) is 0 Å². The molecule has 0 amide bonds. The predicted octanol–water partition coefficient (Wildman–Crippen LogP) is 2.82. The zero-order valence-electron chi connectivity index (χ0n) is 13.6. The quantitative estimate of drug-likeness (QED) is 0.841. The van der Waals surface area contributed by atoms with Gasteiger partial charge in [-0.2, -0.15) is 0 Å². The number of hydrogen-bond donors (Lipinski definition) is 2. The van der Waals surface area contributed by atoms with Gasteiger partial charge in [0.2, 0.25) is 0 Å². The van der Waals surface area contributed by atoms with E-state index in [-0.39, 0.29) is 5.54 Å². The molecule has 0 saturated heterocycles. The number of hydrogen-bond acceptors (Lipinski definition) is 4. The minimum absolute atomic E-state index is 0.0375. The van der Waals surface area contributed by atoms with Crippen molar-refractivity contribution in [1.82, 2.24) is 10.3 Å². The fourth-order valence-electron chi connectivity index (χ4n) is 1.62. The monoisotopic (exact) mass is 280 g/mol. The van der Waals surface area contributed by atoms with E-state index in [1.165, 1.54) is 0 Å². The minimum Gasteiger partial charge on any atom is -0.492 e. The molecule has 0 saturated carbocycles. The standard InChI is InChI=1S/C16H28N2O2/c1-12-7-8-14(20-10-9-16(5,6)19)13(18-12)11-17-15(2,3)4/h7-8,17,19H,9-11H2,1-6H3. The summed E-state index contributed by atoms with van der Waals surface area (Å²) in [4.78, 5) is 4.54. The average Bonchev–Trinajstić information content (AvgIpc) is 2.26. The number of nitrogens with one attached hydrogen (secondary N) is 1. The van der Waals surface area contributed by atoms with Crippen LogP contribution in [0.15, 0.2) is 12.1 Å². The van der Waals surface area contributed by atoms with Crippen LogP contribution < -0.4 is 10.1 Å². The SMILES string of the molecule is Cc1ccc(OCCC(C)(C)O)c(CNC(C)(C)C)n1. The summed E-state index contributed by atoms with van der Waals surface area (Å²) in [5, 5.41) is 13.1. The lowest BCUT2D eigenvalue weighted by Gasteiger charge is -2.22. The first kappa shape index (κ1) is 16.9. The van der Waals surface area contributed by atoms with E-state index in [1.807, 2.05) is 19.1 Å². The van der Waals surface area contributed by atoms with E-state index in [9.17, 15) is 5.11 Å². The maximum absolute atomic E-state index is 9.71. The molecule has 114 valence electrons. The molecule has 1 aromatic heterocycles. The van der Waals surface area contributed by atoms with Gasteiger partial charge in [0.25, 0.3) is 0 Å². The first-order valence-corrected chi connectivity index (χ1v) is 7.13. The predicted molar refractivity (Wildman–Crippen MR) is 82.0 cm³/mol. The molecular formula is C16H28N2O2. The number of aromatic nitrogens is 1. The lowest BCUT2D eigenvalue weighted by Crippen LogP contribution is -2.35. The molecule has 0 bridgehead atoms. The van der Waals surface area contributed by atoms with Crippen molar-refractivity contribution >= 4 is 0 Å². The molecule has 20 heavy (non-hydrogen) atoms. The van der Waals surface area contributed by atoms with Crippen LogP contribution in [0.5, 0.6) is 5.75 Å². The molecule has 0 aliphatic rings. The van der Waals surface area contributed by atoms with E-state index in [0.29, 0.717) is 19.6 Å². The number of pyridine rings is 1. The number of nitrogens with zero attached hydrogens (tertiary/aromatic N) is 1. The van der Waals surface area contributed by atoms with Gasteiger partial charge in [0.1, 0.15) is 5.75 Å². The molecular weight excluding hydrogens is 252 g/mol. The largest absolute Gasteiger partial charge is 0.492 e. The lowest BCUT2D eigenvalue weighted by atomic mass is 10.1. The second-order valence-electron chi connectivity index (χ2n) is 6.91. The molecule has 0 spiro atoms. The molecule has 0 atom stereocenters. The molecule has 1 aromatic rings. The fourth-order valence-corrected chi connectivity index (χ4v) is 1.62. The maximum atomic E-state index is 9.71. The van der Waals surface area contributed by atoms with Crippen molar-refractivity contribution in [2.45, 2.75) is 65.6 Å². The van der Waals surface area contributed by atoms with Gasteiger partial charge in [-0.1, -0.05) is 0 Å². The third kappa shape index (κ3) is 6.87. The first-order valence-electron chi connectivity index (χ1n) is 7.13. The molecule has 0 aliphatic heterocycles. The van der Waals surface area contributed by atoms with Crippen LogP contribution >= 0.6 is 0 Å². The number of aryl methyl sites for hydroxylation is 1. The third-order valence-corrected chi connectivity index (χ3v) is 2.83. The molecule has 1 heterocycles. The Morgan fingerprint density at radius 2 is 1.85 bits per heavy atom. The van der Waals surface area contributed by atoms with Crippen molar-refractivity contribution in [2.75, 3.05) is 6.61 Å². The number of rotatable bonds is 6. The smallest absolute Gasteiger partial charge is 0.142 e. The van der Waals surface area contributed by atoms with Crippen molar-refractivity contribution in [3.63, 3.8) is 0 Å². The Labute approximate surface area is 122 Å². The van der Waals surface area contributed by atoms with Crippen molar-refractivity contribution < 1.29 is 9.84 Å². The van der Waals surface area contributed by atoms with Crippen LogP contribution in [-0.4, -0.2) is 27.8 Å². The molecule has 1 rings (SSSR count). The third-order valence-electron chi connectivity index (χ3n) is 2.83. The Balaban J connectivity index is 2.70. The van der Waals surface area contributed by atoms with Gasteiger partial charge in [-0.3, -0.25) is 4.98 Å². The van der Waals surface area contributed by atoms with Gasteiger partial charge < -0.3 is 15.2 Å². The summed E-state index contributed by atoms with van der Waals surface area (Å²) in [7, 11) is 0. The van der Waals surface area contributed by atoms with Crippen LogP contribution in [0, 0.1) is 6.92 Å². The van der Waals surface area contributed by atoms with Gasteiger partial charge >= 0.3 is 0 Å². The summed E-state index contributed by atoms with van der Waals surface area (Å²) < 4.78 is 5.77. The Morgan fingerprint density at radius 3 is 2.40 bits per heavy atom. The van der Waals surface area contributed by atoms with Crippen molar-refractivity contribution in [3.05, 3.63) is 23.5 Å². The zero-order chi connectivity index (χ0) is 15.4. The molecule has 0 radical (unpaired) electrons. The van der Waals surface area contributed by atoms with Crippen molar-refractivity contribution in [1.29, 1.82) is 0 Å². The van der Waals surface area contributed by atoms with Crippen molar-refractivity contribution in [2.24, 2.45) is 0 Å². The molecule has 0 aliphatic carbocycles. The Hall–Kier alpha value is -1.13. The van der Waals surface area contributed by atoms with Gasteiger partial charge in [-0.15, -0.1) is 0 Å². The van der Waals surface area contributed by atoms with Crippen LogP contribution in [-0.2, 0) is 6.54 Å². The summed E-state index contributed by atoms with van der Waals surface area (Å²) in [6.45, 7) is 13.1. The molecule has 0 fully saturated rings. The highest BCUT2D eigenvalue weighted by molar-refractivity contribution is 5.29. The molecule has 0 unspecified atom stereocenters. The number of ether oxygens (including phenoxy) is 1. The second kappa shape index (κ2) is 6.55. The van der Waals surface area contributed by atoms with E-state index in [2.05, 4.69) is 31.1 Å². The fraction of sp³-hybridized carbons (Fsp3) is 0.688. The van der Waals surface area contributed by atoms with Gasteiger partial charge in [-0.05, 0) is 53.7 Å². The van der Waals surface area contributed by atoms with Gasteiger partial charge in [-0.25, -0.2) is 0 Å². The van der Waals surface area contributed by atoms with E-state index in [1.54, 1.807) is 13.8 Å². The van der Waals surface area contributed by atoms with E-state index in [0.717, 1.165) is 17.1 Å². The topological polar surface area (TPSA) is 54.4 Å². The second-order valence-corrected chi connectivity index (χ2v) is 6.91. The van der Waals surface area contributed by atoms with Crippen molar-refractivity contribution in [3.8, 4) is 5.75 Å². The summed E-state index contributed by atoms with van der Waals surface area (Å²) in [6.07, 6.45) is 0.590. The highest BCUT2D eigenvalue weighted by Crippen LogP contribution is 2.19. The van der Waals surface area contributed by atoms with Crippen LogP contribution in [0.2, 0.25) is 0 Å². The highest BCUT2D eigenvalue weighted by Gasteiger charge is 2.15. The van der Waals surface area contributed by atoms with Crippen LogP contribution in [0.3, 0.4) is 0 Å². The zero-order valence-corrected chi connectivity index (χ0v) is 13.6. The Kier molecular flexibility index (Phi) is 5.54. The summed E-state index contributed by atoms with van der Waals surface area (Å²) in [5.41, 5.74) is 1.22. The number of aliphatic hydroxyl groups is 1. The molecule has 0 aromatic carbocycles. The summed E-state index contributed by atoms with van der Waals surface area (Å²) in [5.74, 6) is 0.789. The van der Waals surface area contributed by atoms with Gasteiger partial charge in [0.05, 0.1) is 17.9 Å². The minimum atomic E-state index is -0.706. The molecule has 4 heteroatoms. The van der Waals surface area contributed by atoms with Crippen LogP contribution in [0.4, 0.5) is 0 Å². The lowest BCUT2D eigenvalue weighted by molar-refractivity contribution is 0.0551. The van der Waals surface area contributed by atoms with Crippen LogP contribution in [0.1, 0.15) is 52.4 Å². The van der Waals surface area contributed by atoms with E-state index >= 15 is 0 Å². The molecule has 4 nitrogen and oxygen atoms in total. The molecule has 2 N–H and O–H groups in total. The first-order chi connectivity index (χ1) is 9.07. The van der Waals surface area contributed by atoms with E-state index in [4.69, 9.17) is 4.74 Å². The maximum Gasteiger partial charge on any atom is 0.142 e. The van der Waals surface area contributed by atoms with E-state index < -0.39 is 5.60 Å².